The first-order chi connectivity index (χ1) is 15.6. The highest BCUT2D eigenvalue weighted by atomic mass is 79.9. The largest absolute Gasteiger partial charge is 0.496 e. The van der Waals surface area contributed by atoms with E-state index in [1.54, 1.807) is 24.3 Å². The molecule has 158 valence electrons. The Morgan fingerprint density at radius 2 is 1.91 bits per heavy atom. The number of amides is 1. The zero-order chi connectivity index (χ0) is 22.1. The number of H-pyrrole nitrogens is 1. The van der Waals surface area contributed by atoms with Gasteiger partial charge in [-0.15, -0.1) is 5.10 Å². The molecule has 0 aliphatic rings. The van der Waals surface area contributed by atoms with E-state index in [1.807, 2.05) is 48.5 Å². The van der Waals surface area contributed by atoms with Gasteiger partial charge in [-0.3, -0.25) is 4.79 Å². The zero-order valence-electron chi connectivity index (χ0n) is 16.9. The number of carbonyl (C=O) groups is 1. The number of hydrogen-bond acceptors (Lipinski definition) is 5. The molecular formula is C24H17BrN4O3. The Bertz CT molecular complexity index is 1500. The number of carbonyl (C=O) groups excluding carboxylic acids is 1. The monoisotopic (exact) mass is 488 g/mol. The smallest absolute Gasteiger partial charge is 0.275 e. The van der Waals surface area contributed by atoms with Crippen LogP contribution in [0.25, 0.3) is 33.4 Å². The molecule has 5 aromatic rings. The van der Waals surface area contributed by atoms with Crippen molar-refractivity contribution in [2.75, 3.05) is 7.11 Å². The maximum atomic E-state index is 12.7. The average Bonchev–Trinajstić information content (AvgIpc) is 3.26. The summed E-state index contributed by atoms with van der Waals surface area (Å²) in [6, 6.07) is 22.2. The van der Waals surface area contributed by atoms with Crippen LogP contribution in [0.4, 0.5) is 0 Å². The number of methoxy groups -OCH3 is 1. The summed E-state index contributed by atoms with van der Waals surface area (Å²) in [5.41, 5.74) is 6.12. The third-order valence-corrected chi connectivity index (χ3v) is 5.46. The van der Waals surface area contributed by atoms with Gasteiger partial charge in [-0.2, -0.15) is 0 Å². The molecule has 0 radical (unpaired) electrons. The van der Waals surface area contributed by atoms with Crippen molar-refractivity contribution in [3.63, 3.8) is 0 Å². The van der Waals surface area contributed by atoms with Crippen LogP contribution in [-0.4, -0.2) is 23.0 Å². The van der Waals surface area contributed by atoms with Crippen molar-refractivity contribution in [2.24, 2.45) is 5.10 Å². The quantitative estimate of drug-likeness (QED) is 0.348. The number of nitrogens with zero attached hydrogens (tertiary/aromatic N) is 2. The zero-order valence-corrected chi connectivity index (χ0v) is 18.5. The Morgan fingerprint density at radius 3 is 2.75 bits per heavy atom. The van der Waals surface area contributed by atoms with E-state index in [4.69, 9.17) is 9.15 Å². The van der Waals surface area contributed by atoms with Crippen molar-refractivity contribution in [3.05, 3.63) is 88.4 Å². The maximum Gasteiger partial charge on any atom is 0.275 e. The molecule has 0 saturated carbocycles. The van der Waals surface area contributed by atoms with E-state index in [-0.39, 0.29) is 5.55 Å². The van der Waals surface area contributed by atoms with Crippen LogP contribution in [0.1, 0.15) is 10.4 Å². The van der Waals surface area contributed by atoms with Gasteiger partial charge in [0.1, 0.15) is 17.2 Å². The number of ether oxygens (including phenoxy) is 1. The Balaban J connectivity index is 1.64. The summed E-state index contributed by atoms with van der Waals surface area (Å²) in [4.78, 5) is 20.7. The normalized spacial score (nSPS) is 11.8. The molecule has 0 bridgehead atoms. The van der Waals surface area contributed by atoms with Crippen LogP contribution in [0.3, 0.4) is 0 Å². The molecule has 0 unspecified atom stereocenters. The summed E-state index contributed by atoms with van der Waals surface area (Å²) < 4.78 is 12.2. The van der Waals surface area contributed by atoms with Gasteiger partial charge >= 0.3 is 0 Å². The minimum absolute atomic E-state index is 0.224. The summed E-state index contributed by atoms with van der Waals surface area (Å²) in [5, 5.41) is 5.15. The van der Waals surface area contributed by atoms with Crippen LogP contribution in [0.15, 0.2) is 86.8 Å². The van der Waals surface area contributed by atoms with Crippen LogP contribution in [0.2, 0.25) is 0 Å². The van der Waals surface area contributed by atoms with E-state index in [9.17, 15) is 4.79 Å². The van der Waals surface area contributed by atoms with Gasteiger partial charge in [0.05, 0.1) is 29.3 Å². The third-order valence-electron chi connectivity index (χ3n) is 4.96. The molecule has 2 heterocycles. The lowest BCUT2D eigenvalue weighted by molar-refractivity contribution is 0.0948. The minimum atomic E-state index is -0.413. The molecule has 5 rings (SSSR count). The standard InChI is InChI=1S/C24H17BrN4O3/c1-31-21-9-5-2-6-16(21)23(30)28-29-24-17(13-14-12-15(25)10-11-20(14)32-24)22-26-18-7-3-4-8-19(18)27-22/h2-13H,1H3,(H,26,27)(H,28,30). The molecule has 8 heteroatoms. The van der Waals surface area contributed by atoms with Crippen molar-refractivity contribution in [1.82, 2.24) is 15.4 Å². The molecule has 0 aliphatic heterocycles. The summed E-state index contributed by atoms with van der Waals surface area (Å²) in [6.07, 6.45) is 0. The molecule has 0 saturated heterocycles. The van der Waals surface area contributed by atoms with Gasteiger partial charge in [0, 0.05) is 9.86 Å². The lowest BCUT2D eigenvalue weighted by Gasteiger charge is -2.07. The number of rotatable bonds is 4. The fourth-order valence-corrected chi connectivity index (χ4v) is 3.81. The van der Waals surface area contributed by atoms with Crippen LogP contribution in [0.5, 0.6) is 5.75 Å². The van der Waals surface area contributed by atoms with E-state index < -0.39 is 5.91 Å². The Hall–Kier alpha value is -3.91. The van der Waals surface area contributed by atoms with E-state index in [0.29, 0.717) is 28.3 Å². The second-order valence-corrected chi connectivity index (χ2v) is 7.92. The molecule has 3 aromatic carbocycles. The Morgan fingerprint density at radius 1 is 1.09 bits per heavy atom. The first kappa shape index (κ1) is 20.0. The Kier molecular flexibility index (Phi) is 5.20. The number of aromatic nitrogens is 2. The lowest BCUT2D eigenvalue weighted by Crippen LogP contribution is -2.22. The number of nitrogens with one attached hydrogen (secondary N) is 2. The van der Waals surface area contributed by atoms with Gasteiger partial charge in [-0.05, 0) is 48.5 Å². The number of halogens is 1. The molecule has 32 heavy (non-hydrogen) atoms. The molecular weight excluding hydrogens is 472 g/mol. The number of fused-ring (bicyclic) bond motifs is 2. The molecule has 2 aromatic heterocycles. The molecule has 0 spiro atoms. The van der Waals surface area contributed by atoms with Gasteiger partial charge in [0.2, 0.25) is 5.55 Å². The van der Waals surface area contributed by atoms with Gasteiger partial charge in [-0.25, -0.2) is 10.4 Å². The fraction of sp³-hybridized carbons (Fsp3) is 0.0417. The number of benzene rings is 3. The molecule has 0 aliphatic carbocycles. The predicted molar refractivity (Wildman–Crippen MR) is 125 cm³/mol. The predicted octanol–water partition coefficient (Wildman–Crippen LogP) is 4.99. The van der Waals surface area contributed by atoms with E-state index in [1.165, 1.54) is 7.11 Å². The molecule has 0 fully saturated rings. The SMILES string of the molecule is COc1ccccc1C(=O)NN=c1oc2ccc(Br)cc2cc1-c1nc2ccccc2[nH]1. The van der Waals surface area contributed by atoms with Crippen molar-refractivity contribution in [2.45, 2.75) is 0 Å². The molecule has 0 atom stereocenters. The van der Waals surface area contributed by atoms with Crippen molar-refractivity contribution in [1.29, 1.82) is 0 Å². The van der Waals surface area contributed by atoms with Gasteiger partial charge in [-0.1, -0.05) is 40.2 Å². The van der Waals surface area contributed by atoms with Crippen LogP contribution >= 0.6 is 15.9 Å². The highest BCUT2D eigenvalue weighted by Crippen LogP contribution is 2.24. The Labute approximate surface area is 190 Å². The summed E-state index contributed by atoms with van der Waals surface area (Å²) in [7, 11) is 1.51. The van der Waals surface area contributed by atoms with Gasteiger partial charge < -0.3 is 14.1 Å². The van der Waals surface area contributed by atoms with Crippen LogP contribution < -0.4 is 15.7 Å². The number of imidazole rings is 1. The van der Waals surface area contributed by atoms with E-state index in [0.717, 1.165) is 20.9 Å². The van der Waals surface area contributed by atoms with E-state index >= 15 is 0 Å². The fourth-order valence-electron chi connectivity index (χ4n) is 3.43. The summed E-state index contributed by atoms with van der Waals surface area (Å²) in [6.45, 7) is 0. The molecule has 1 amide bonds. The first-order valence-corrected chi connectivity index (χ1v) is 10.6. The topological polar surface area (TPSA) is 92.5 Å². The average molecular weight is 489 g/mol. The second-order valence-electron chi connectivity index (χ2n) is 7.00. The highest BCUT2D eigenvalue weighted by molar-refractivity contribution is 9.10. The van der Waals surface area contributed by atoms with Crippen LogP contribution in [-0.2, 0) is 0 Å². The van der Waals surface area contributed by atoms with Crippen LogP contribution in [0, 0.1) is 0 Å². The van der Waals surface area contributed by atoms with Crippen molar-refractivity contribution in [3.8, 4) is 17.1 Å². The number of para-hydroxylation sites is 3. The molecule has 7 nitrogen and oxygen atoms in total. The molecule has 2 N–H and O–H groups in total. The van der Waals surface area contributed by atoms with Crippen molar-refractivity contribution >= 4 is 43.8 Å². The minimum Gasteiger partial charge on any atom is -0.496 e. The van der Waals surface area contributed by atoms with E-state index in [2.05, 4.69) is 36.4 Å². The highest BCUT2D eigenvalue weighted by Gasteiger charge is 2.14. The number of hydrogen-bond donors (Lipinski definition) is 2. The second kappa shape index (κ2) is 8.32. The maximum absolute atomic E-state index is 12.7. The van der Waals surface area contributed by atoms with Gasteiger partial charge in [0.15, 0.2) is 0 Å². The third kappa shape index (κ3) is 3.76. The first-order valence-electron chi connectivity index (χ1n) is 9.78. The van der Waals surface area contributed by atoms with Gasteiger partial charge in [0.25, 0.3) is 5.91 Å². The van der Waals surface area contributed by atoms with Crippen molar-refractivity contribution < 1.29 is 13.9 Å². The summed E-state index contributed by atoms with van der Waals surface area (Å²) in [5.74, 6) is 0.629. The number of aromatic amines is 1. The lowest BCUT2D eigenvalue weighted by atomic mass is 10.2. The summed E-state index contributed by atoms with van der Waals surface area (Å²) >= 11 is 3.49.